The lowest BCUT2D eigenvalue weighted by molar-refractivity contribution is -0.143. The fraction of sp³-hybridized carbons (Fsp3) is 0.269. The van der Waals surface area contributed by atoms with Crippen molar-refractivity contribution in [3.8, 4) is 11.1 Å². The summed E-state index contributed by atoms with van der Waals surface area (Å²) in [6.07, 6.45) is -8.89. The van der Waals surface area contributed by atoms with E-state index in [0.29, 0.717) is 17.7 Å². The number of aliphatic hydroxyl groups excluding tert-OH is 1. The molecule has 0 saturated carbocycles. The number of pyridine rings is 1. The van der Waals surface area contributed by atoms with Crippen molar-refractivity contribution in [2.24, 2.45) is 0 Å². The average Bonchev–Trinajstić information content (AvgIpc) is 2.87. The van der Waals surface area contributed by atoms with Gasteiger partial charge in [-0.15, -0.1) is 0 Å². The summed E-state index contributed by atoms with van der Waals surface area (Å²) in [4.78, 5) is 31.2. The molecule has 38 heavy (non-hydrogen) atoms. The Labute approximate surface area is 213 Å². The number of halogens is 6. The number of aromatic nitrogens is 1. The highest BCUT2D eigenvalue weighted by atomic mass is 19.4. The number of benzene rings is 2. The topological polar surface area (TPSA) is 79.7 Å². The Morgan fingerprint density at radius 1 is 0.947 bits per heavy atom. The van der Waals surface area contributed by atoms with Crippen molar-refractivity contribution in [1.82, 2.24) is 9.88 Å². The second kappa shape index (κ2) is 11.6. The van der Waals surface area contributed by atoms with E-state index in [1.54, 1.807) is 30.3 Å². The molecule has 0 aliphatic heterocycles. The number of hydrogen-bond donors (Lipinski definition) is 1. The summed E-state index contributed by atoms with van der Waals surface area (Å²) < 4.78 is 85.1. The fourth-order valence-electron chi connectivity index (χ4n) is 3.75. The van der Waals surface area contributed by atoms with Crippen molar-refractivity contribution in [2.75, 3.05) is 19.8 Å². The molecule has 1 N–H and O–H groups in total. The largest absolute Gasteiger partial charge is 0.461 e. The summed E-state index contributed by atoms with van der Waals surface area (Å²) in [5, 5.41) is 9.57. The van der Waals surface area contributed by atoms with Crippen LogP contribution in [0.4, 0.5) is 26.3 Å². The standard InChI is InChI=1S/C26H22F6N2O4/c1-2-38-24(37)22-21(20(8-9-33-22)17-6-4-3-5-7-17)23(36)34(10-11-35)15-16-12-18(25(27,28)29)14-19(13-16)26(30,31)32/h3-9,12-14,35H,2,10-11,15H2,1H3. The third kappa shape index (κ3) is 6.68. The highest BCUT2D eigenvalue weighted by Gasteiger charge is 2.37. The molecule has 1 heterocycles. The zero-order chi connectivity index (χ0) is 28.1. The highest BCUT2D eigenvalue weighted by Crippen LogP contribution is 2.37. The molecule has 1 amide bonds. The molecule has 0 atom stereocenters. The Balaban J connectivity index is 2.15. The molecule has 0 aliphatic carbocycles. The van der Waals surface area contributed by atoms with Gasteiger partial charge in [0, 0.05) is 19.3 Å². The number of carbonyl (C=O) groups is 2. The smallest absolute Gasteiger partial charge is 0.416 e. The minimum atomic E-state index is -5.08. The summed E-state index contributed by atoms with van der Waals surface area (Å²) in [5.41, 5.74) is -3.50. The Hall–Kier alpha value is -3.93. The number of amides is 1. The Morgan fingerprint density at radius 3 is 2.08 bits per heavy atom. The van der Waals surface area contributed by atoms with Crippen LogP contribution in [0, 0.1) is 0 Å². The maximum absolute atomic E-state index is 13.7. The van der Waals surface area contributed by atoms with Gasteiger partial charge in [-0.25, -0.2) is 9.78 Å². The lowest BCUT2D eigenvalue weighted by Gasteiger charge is -2.25. The van der Waals surface area contributed by atoms with Crippen molar-refractivity contribution < 1.29 is 45.8 Å². The molecule has 1 aromatic heterocycles. The summed E-state index contributed by atoms with van der Waals surface area (Å²) in [7, 11) is 0. The van der Waals surface area contributed by atoms with Gasteiger partial charge in [0.2, 0.25) is 0 Å². The summed E-state index contributed by atoms with van der Waals surface area (Å²) in [6, 6.07) is 10.7. The van der Waals surface area contributed by atoms with Crippen LogP contribution in [0.5, 0.6) is 0 Å². The normalized spacial score (nSPS) is 11.8. The maximum atomic E-state index is 13.7. The quantitative estimate of drug-likeness (QED) is 0.297. The number of ether oxygens (including phenoxy) is 1. The number of aliphatic hydroxyl groups is 1. The summed E-state index contributed by atoms with van der Waals surface area (Å²) in [6.45, 7) is -0.356. The number of rotatable bonds is 8. The number of esters is 1. The van der Waals surface area contributed by atoms with Gasteiger partial charge in [0.25, 0.3) is 5.91 Å². The maximum Gasteiger partial charge on any atom is 0.416 e. The van der Waals surface area contributed by atoms with Crippen LogP contribution in [0.3, 0.4) is 0 Å². The van der Waals surface area contributed by atoms with E-state index >= 15 is 0 Å². The molecular weight excluding hydrogens is 518 g/mol. The Morgan fingerprint density at radius 2 is 1.55 bits per heavy atom. The molecule has 0 fully saturated rings. The van der Waals surface area contributed by atoms with Crippen molar-refractivity contribution in [1.29, 1.82) is 0 Å². The van der Waals surface area contributed by atoms with Crippen molar-refractivity contribution in [3.05, 3.63) is 88.7 Å². The minimum Gasteiger partial charge on any atom is -0.461 e. The van der Waals surface area contributed by atoms with Crippen LogP contribution in [0.15, 0.2) is 60.8 Å². The van der Waals surface area contributed by atoms with Crippen LogP contribution in [0.2, 0.25) is 0 Å². The van der Waals surface area contributed by atoms with Gasteiger partial charge < -0.3 is 14.7 Å². The van der Waals surface area contributed by atoms with E-state index in [4.69, 9.17) is 4.74 Å². The Bertz CT molecular complexity index is 1260. The third-order valence-corrected chi connectivity index (χ3v) is 5.40. The van der Waals surface area contributed by atoms with Crippen LogP contribution >= 0.6 is 0 Å². The SMILES string of the molecule is CCOC(=O)c1nccc(-c2ccccc2)c1C(=O)N(CCO)Cc1cc(C(F)(F)F)cc(C(F)(F)F)c1. The molecule has 2 aromatic carbocycles. The average molecular weight is 540 g/mol. The first-order valence-corrected chi connectivity index (χ1v) is 11.3. The summed E-state index contributed by atoms with van der Waals surface area (Å²) >= 11 is 0. The van der Waals surface area contributed by atoms with Gasteiger partial charge in [-0.1, -0.05) is 30.3 Å². The van der Waals surface area contributed by atoms with Gasteiger partial charge in [0.15, 0.2) is 5.69 Å². The minimum absolute atomic E-state index is 0.0187. The highest BCUT2D eigenvalue weighted by molar-refractivity contribution is 6.08. The molecule has 202 valence electrons. The van der Waals surface area contributed by atoms with Crippen LogP contribution in [0.25, 0.3) is 11.1 Å². The van der Waals surface area contributed by atoms with Gasteiger partial charge in [-0.3, -0.25) is 4.79 Å². The molecular formula is C26H22F6N2O4. The van der Waals surface area contributed by atoms with Crippen LogP contribution in [-0.2, 0) is 23.6 Å². The molecule has 3 aromatic rings. The van der Waals surface area contributed by atoms with Gasteiger partial charge in [-0.2, -0.15) is 26.3 Å². The number of hydrogen-bond acceptors (Lipinski definition) is 5. The van der Waals surface area contributed by atoms with Crippen LogP contribution < -0.4 is 0 Å². The molecule has 0 unspecified atom stereocenters. The second-order valence-corrected chi connectivity index (χ2v) is 8.03. The van der Waals surface area contributed by atoms with Crippen molar-refractivity contribution in [3.63, 3.8) is 0 Å². The lowest BCUT2D eigenvalue weighted by Crippen LogP contribution is -2.35. The van der Waals surface area contributed by atoms with Gasteiger partial charge in [0.05, 0.1) is 29.9 Å². The molecule has 0 spiro atoms. The van der Waals surface area contributed by atoms with E-state index in [1.807, 2.05) is 0 Å². The second-order valence-electron chi connectivity index (χ2n) is 8.03. The van der Waals surface area contributed by atoms with Gasteiger partial charge in [-0.05, 0) is 47.9 Å². The number of carbonyl (C=O) groups excluding carboxylic acids is 2. The lowest BCUT2D eigenvalue weighted by atomic mass is 9.97. The van der Waals surface area contributed by atoms with E-state index in [2.05, 4.69) is 4.98 Å². The van der Waals surface area contributed by atoms with Gasteiger partial charge in [0.1, 0.15) is 0 Å². The molecule has 0 saturated heterocycles. The van der Waals surface area contributed by atoms with Gasteiger partial charge >= 0.3 is 18.3 Å². The third-order valence-electron chi connectivity index (χ3n) is 5.40. The van der Waals surface area contributed by atoms with Crippen molar-refractivity contribution >= 4 is 11.9 Å². The monoisotopic (exact) mass is 540 g/mol. The zero-order valence-corrected chi connectivity index (χ0v) is 19.9. The molecule has 12 heteroatoms. The number of alkyl halides is 6. The fourth-order valence-corrected chi connectivity index (χ4v) is 3.75. The summed E-state index contributed by atoms with van der Waals surface area (Å²) in [5.74, 6) is -1.89. The predicted octanol–water partition coefficient (Wildman–Crippen LogP) is 5.60. The van der Waals surface area contributed by atoms with E-state index in [-0.39, 0.29) is 29.5 Å². The first kappa shape index (κ1) is 28.6. The van der Waals surface area contributed by atoms with Crippen LogP contribution in [-0.4, -0.2) is 46.6 Å². The van der Waals surface area contributed by atoms with E-state index in [9.17, 15) is 41.0 Å². The predicted molar refractivity (Wildman–Crippen MR) is 124 cm³/mol. The first-order chi connectivity index (χ1) is 17.9. The molecule has 6 nitrogen and oxygen atoms in total. The molecule has 3 rings (SSSR count). The van der Waals surface area contributed by atoms with E-state index in [0.717, 1.165) is 4.90 Å². The molecule has 0 bridgehead atoms. The van der Waals surface area contributed by atoms with E-state index < -0.39 is 60.6 Å². The Kier molecular flexibility index (Phi) is 8.77. The first-order valence-electron chi connectivity index (χ1n) is 11.3. The van der Waals surface area contributed by atoms with Crippen LogP contribution in [0.1, 0.15) is 44.5 Å². The van der Waals surface area contributed by atoms with E-state index in [1.165, 1.54) is 19.2 Å². The number of nitrogens with zero attached hydrogens (tertiary/aromatic N) is 2. The molecule has 0 aliphatic rings. The zero-order valence-electron chi connectivity index (χ0n) is 19.9. The molecule has 0 radical (unpaired) electrons. The van der Waals surface area contributed by atoms with Crippen molar-refractivity contribution in [2.45, 2.75) is 25.8 Å².